The number of aryl methyl sites for hydroxylation is 2. The smallest absolute Gasteiger partial charge is 0.272 e. The largest absolute Gasteiger partial charge is 0.497 e. The molecule has 1 amide bonds. The van der Waals surface area contributed by atoms with Gasteiger partial charge in [0.25, 0.3) is 5.91 Å². The van der Waals surface area contributed by atoms with E-state index in [2.05, 4.69) is 12.0 Å². The number of hydrogen-bond acceptors (Lipinski definition) is 4. The van der Waals surface area contributed by atoms with E-state index in [0.717, 1.165) is 56.0 Å². The van der Waals surface area contributed by atoms with Gasteiger partial charge in [0.2, 0.25) is 0 Å². The van der Waals surface area contributed by atoms with Gasteiger partial charge in [0.1, 0.15) is 17.2 Å². The van der Waals surface area contributed by atoms with Crippen LogP contribution in [0.15, 0.2) is 30.3 Å². The number of hydrogen-bond donors (Lipinski definition) is 0. The molecular weight excluding hydrogens is 342 g/mol. The van der Waals surface area contributed by atoms with Gasteiger partial charge in [-0.1, -0.05) is 19.4 Å². The van der Waals surface area contributed by atoms with Crippen LogP contribution in [-0.2, 0) is 13.5 Å². The van der Waals surface area contributed by atoms with Crippen molar-refractivity contribution in [2.45, 2.75) is 32.6 Å². The minimum Gasteiger partial charge on any atom is -0.497 e. The number of ether oxygens (including phenoxy) is 2. The molecule has 1 aromatic heterocycles. The lowest BCUT2D eigenvalue weighted by molar-refractivity contribution is 0.0622. The fourth-order valence-electron chi connectivity index (χ4n) is 3.56. The molecule has 2 aromatic rings. The maximum Gasteiger partial charge on any atom is 0.272 e. The quantitative estimate of drug-likeness (QED) is 0.749. The molecule has 0 bridgehead atoms. The first kappa shape index (κ1) is 19.3. The van der Waals surface area contributed by atoms with Gasteiger partial charge < -0.3 is 14.4 Å². The first-order valence-electron chi connectivity index (χ1n) is 9.69. The van der Waals surface area contributed by atoms with Gasteiger partial charge in [-0.25, -0.2) is 0 Å². The van der Waals surface area contributed by atoms with Crippen LogP contribution in [0.3, 0.4) is 0 Å². The molecule has 1 unspecified atom stereocenters. The van der Waals surface area contributed by atoms with E-state index in [1.165, 1.54) is 0 Å². The summed E-state index contributed by atoms with van der Waals surface area (Å²) in [5.74, 6) is 1.98. The standard InChI is InChI=1S/C21H29N3O3/c1-4-7-17-12-20(23(2)22-17)21(25)24-11-6-8-16(14-24)15-27-19-10-5-9-18(13-19)26-3/h5,9-10,12-13,16H,4,6-8,11,14-15H2,1-3H3. The van der Waals surface area contributed by atoms with Crippen molar-refractivity contribution in [1.29, 1.82) is 0 Å². The predicted octanol–water partition coefficient (Wildman–Crippen LogP) is 3.31. The van der Waals surface area contributed by atoms with Crippen molar-refractivity contribution in [3.63, 3.8) is 0 Å². The highest BCUT2D eigenvalue weighted by Gasteiger charge is 2.27. The fourth-order valence-corrected chi connectivity index (χ4v) is 3.56. The van der Waals surface area contributed by atoms with Crippen LogP contribution in [0.4, 0.5) is 0 Å². The Labute approximate surface area is 161 Å². The van der Waals surface area contributed by atoms with Crippen molar-refractivity contribution in [3.05, 3.63) is 41.7 Å². The molecular formula is C21H29N3O3. The lowest BCUT2D eigenvalue weighted by Gasteiger charge is -2.32. The van der Waals surface area contributed by atoms with Crippen molar-refractivity contribution in [2.75, 3.05) is 26.8 Å². The second kappa shape index (κ2) is 8.93. The minimum atomic E-state index is 0.0680. The Bertz CT molecular complexity index is 772. The molecule has 3 rings (SSSR count). The van der Waals surface area contributed by atoms with Crippen molar-refractivity contribution in [1.82, 2.24) is 14.7 Å². The number of rotatable bonds is 7. The van der Waals surface area contributed by atoms with E-state index in [0.29, 0.717) is 18.2 Å². The van der Waals surface area contributed by atoms with Crippen molar-refractivity contribution in [2.24, 2.45) is 13.0 Å². The summed E-state index contributed by atoms with van der Waals surface area (Å²) in [6.45, 7) is 4.23. The second-order valence-corrected chi connectivity index (χ2v) is 7.14. The molecule has 27 heavy (non-hydrogen) atoms. The molecule has 1 atom stereocenters. The summed E-state index contributed by atoms with van der Waals surface area (Å²) in [6, 6.07) is 9.56. The summed E-state index contributed by atoms with van der Waals surface area (Å²) in [5, 5.41) is 4.46. The molecule has 0 saturated carbocycles. The minimum absolute atomic E-state index is 0.0680. The van der Waals surface area contributed by atoms with Crippen molar-refractivity contribution < 1.29 is 14.3 Å². The highest BCUT2D eigenvalue weighted by molar-refractivity contribution is 5.92. The molecule has 146 valence electrons. The maximum absolute atomic E-state index is 12.9. The van der Waals surface area contributed by atoms with Gasteiger partial charge in [0, 0.05) is 32.1 Å². The number of nitrogens with zero attached hydrogens (tertiary/aromatic N) is 3. The van der Waals surface area contributed by atoms with E-state index in [1.54, 1.807) is 11.8 Å². The number of methoxy groups -OCH3 is 1. The Morgan fingerprint density at radius 1 is 1.30 bits per heavy atom. The molecule has 2 heterocycles. The third-order valence-electron chi connectivity index (χ3n) is 4.99. The third-order valence-corrected chi connectivity index (χ3v) is 4.99. The normalized spacial score (nSPS) is 17.0. The fraction of sp³-hybridized carbons (Fsp3) is 0.524. The van der Waals surface area contributed by atoms with Crippen molar-refractivity contribution in [3.8, 4) is 11.5 Å². The molecule has 0 N–H and O–H groups in total. The number of likely N-dealkylation sites (tertiary alicyclic amines) is 1. The van der Waals surface area contributed by atoms with Gasteiger partial charge in [0.05, 0.1) is 19.4 Å². The van der Waals surface area contributed by atoms with Crippen molar-refractivity contribution >= 4 is 5.91 Å². The van der Waals surface area contributed by atoms with Gasteiger partial charge in [-0.05, 0) is 37.5 Å². The zero-order valence-corrected chi connectivity index (χ0v) is 16.5. The van der Waals surface area contributed by atoms with Gasteiger partial charge in [-0.3, -0.25) is 9.48 Å². The summed E-state index contributed by atoms with van der Waals surface area (Å²) in [6.07, 6.45) is 3.99. The average molecular weight is 371 g/mol. The third kappa shape index (κ3) is 4.81. The molecule has 1 aliphatic heterocycles. The maximum atomic E-state index is 12.9. The SMILES string of the molecule is CCCc1cc(C(=O)N2CCCC(COc3cccc(OC)c3)C2)n(C)n1. The Balaban J connectivity index is 1.59. The first-order valence-corrected chi connectivity index (χ1v) is 9.69. The van der Waals surface area contributed by atoms with E-state index >= 15 is 0 Å². The molecule has 0 radical (unpaired) electrons. The Kier molecular flexibility index (Phi) is 6.37. The molecule has 6 heteroatoms. The van der Waals surface area contributed by atoms with Crippen LogP contribution >= 0.6 is 0 Å². The Hall–Kier alpha value is -2.50. The summed E-state index contributed by atoms with van der Waals surface area (Å²) < 4.78 is 12.9. The lowest BCUT2D eigenvalue weighted by atomic mass is 9.98. The van der Waals surface area contributed by atoms with Gasteiger partial charge in [-0.2, -0.15) is 5.10 Å². The Morgan fingerprint density at radius 2 is 2.11 bits per heavy atom. The van der Waals surface area contributed by atoms with E-state index in [4.69, 9.17) is 9.47 Å². The van der Waals surface area contributed by atoms with Crippen LogP contribution in [0, 0.1) is 5.92 Å². The van der Waals surface area contributed by atoms with Crippen LogP contribution in [0.1, 0.15) is 42.4 Å². The van der Waals surface area contributed by atoms with Gasteiger partial charge >= 0.3 is 0 Å². The number of carbonyl (C=O) groups excluding carboxylic acids is 1. The second-order valence-electron chi connectivity index (χ2n) is 7.14. The van der Waals surface area contributed by atoms with E-state index in [-0.39, 0.29) is 5.91 Å². The zero-order valence-electron chi connectivity index (χ0n) is 16.5. The average Bonchev–Trinajstić information content (AvgIpc) is 3.06. The number of amides is 1. The summed E-state index contributed by atoms with van der Waals surface area (Å²) in [7, 11) is 3.49. The van der Waals surface area contributed by atoms with Gasteiger partial charge in [0.15, 0.2) is 0 Å². The molecule has 1 aliphatic rings. The highest BCUT2D eigenvalue weighted by atomic mass is 16.5. The molecule has 1 saturated heterocycles. The number of piperidine rings is 1. The summed E-state index contributed by atoms with van der Waals surface area (Å²) in [5.41, 5.74) is 1.66. The predicted molar refractivity (Wildman–Crippen MR) is 104 cm³/mol. The first-order chi connectivity index (χ1) is 13.1. The highest BCUT2D eigenvalue weighted by Crippen LogP contribution is 2.23. The molecule has 0 spiro atoms. The van der Waals surface area contributed by atoms with Crippen LogP contribution in [-0.4, -0.2) is 47.4 Å². The lowest BCUT2D eigenvalue weighted by Crippen LogP contribution is -2.42. The number of aromatic nitrogens is 2. The summed E-state index contributed by atoms with van der Waals surface area (Å²) >= 11 is 0. The zero-order chi connectivity index (χ0) is 19.2. The van der Waals surface area contributed by atoms with Crippen LogP contribution in [0.25, 0.3) is 0 Å². The van der Waals surface area contributed by atoms with Crippen LogP contribution < -0.4 is 9.47 Å². The number of carbonyl (C=O) groups is 1. The summed E-state index contributed by atoms with van der Waals surface area (Å²) in [4.78, 5) is 14.9. The van der Waals surface area contributed by atoms with Crippen LogP contribution in [0.2, 0.25) is 0 Å². The molecule has 0 aliphatic carbocycles. The Morgan fingerprint density at radius 3 is 2.89 bits per heavy atom. The van der Waals surface area contributed by atoms with E-state index in [9.17, 15) is 4.79 Å². The van der Waals surface area contributed by atoms with Crippen LogP contribution in [0.5, 0.6) is 11.5 Å². The number of benzene rings is 1. The van der Waals surface area contributed by atoms with E-state index < -0.39 is 0 Å². The topological polar surface area (TPSA) is 56.6 Å². The monoisotopic (exact) mass is 371 g/mol. The molecule has 1 fully saturated rings. The molecule has 6 nitrogen and oxygen atoms in total. The van der Waals surface area contributed by atoms with Gasteiger partial charge in [-0.15, -0.1) is 0 Å². The molecule has 1 aromatic carbocycles. The van der Waals surface area contributed by atoms with E-state index in [1.807, 2.05) is 42.3 Å².